The van der Waals surface area contributed by atoms with Gasteiger partial charge in [0.25, 0.3) is 0 Å². The lowest BCUT2D eigenvalue weighted by Gasteiger charge is -2.15. The molecule has 1 aromatic rings. The number of carbonyl (C=O) groups is 1. The van der Waals surface area contributed by atoms with Crippen molar-refractivity contribution >= 4 is 17.5 Å². The number of rotatable bonds is 2. The number of nitrogens with one attached hydrogen (secondary N) is 1. The molecule has 1 aliphatic rings. The van der Waals surface area contributed by atoms with Crippen LogP contribution in [0.25, 0.3) is 0 Å². The SMILES string of the molecule is CC(Cl)C(=O)N[C@@H]1CCc2c(C#N)cccc21. The van der Waals surface area contributed by atoms with Crippen molar-refractivity contribution in [3.63, 3.8) is 0 Å². The summed E-state index contributed by atoms with van der Waals surface area (Å²) >= 11 is 5.73. The Labute approximate surface area is 105 Å². The number of nitriles is 1. The van der Waals surface area contributed by atoms with Gasteiger partial charge in [-0.15, -0.1) is 11.6 Å². The molecule has 0 saturated carbocycles. The largest absolute Gasteiger partial charge is 0.348 e. The van der Waals surface area contributed by atoms with E-state index in [-0.39, 0.29) is 11.9 Å². The van der Waals surface area contributed by atoms with Crippen LogP contribution in [0.3, 0.4) is 0 Å². The molecule has 1 amide bonds. The highest BCUT2D eigenvalue weighted by Crippen LogP contribution is 2.33. The summed E-state index contributed by atoms with van der Waals surface area (Å²) in [5.74, 6) is -0.160. The average Bonchev–Trinajstić information content (AvgIpc) is 2.72. The van der Waals surface area contributed by atoms with Gasteiger partial charge < -0.3 is 5.32 Å². The topological polar surface area (TPSA) is 52.9 Å². The highest BCUT2D eigenvalue weighted by Gasteiger charge is 2.26. The van der Waals surface area contributed by atoms with E-state index in [0.29, 0.717) is 5.56 Å². The second kappa shape index (κ2) is 4.77. The van der Waals surface area contributed by atoms with Gasteiger partial charge in [0.05, 0.1) is 17.7 Å². The van der Waals surface area contributed by atoms with Gasteiger partial charge in [-0.1, -0.05) is 12.1 Å². The molecule has 88 valence electrons. The van der Waals surface area contributed by atoms with E-state index in [1.807, 2.05) is 18.2 Å². The van der Waals surface area contributed by atoms with E-state index in [1.54, 1.807) is 6.92 Å². The normalized spacial score (nSPS) is 19.2. The van der Waals surface area contributed by atoms with Gasteiger partial charge in [-0.25, -0.2) is 0 Å². The van der Waals surface area contributed by atoms with Gasteiger partial charge in [-0.2, -0.15) is 5.26 Å². The molecule has 1 N–H and O–H groups in total. The molecule has 3 nitrogen and oxygen atoms in total. The lowest BCUT2D eigenvalue weighted by atomic mass is 10.0. The Hall–Kier alpha value is -1.53. The molecule has 1 aromatic carbocycles. The van der Waals surface area contributed by atoms with Gasteiger partial charge in [0.1, 0.15) is 5.38 Å². The van der Waals surface area contributed by atoms with Crippen molar-refractivity contribution in [3.05, 3.63) is 34.9 Å². The predicted molar refractivity (Wildman–Crippen MR) is 65.7 cm³/mol. The molecule has 0 bridgehead atoms. The van der Waals surface area contributed by atoms with Crippen LogP contribution in [-0.4, -0.2) is 11.3 Å². The first kappa shape index (κ1) is 11.9. The van der Waals surface area contributed by atoms with Gasteiger partial charge in [-0.05, 0) is 37.0 Å². The summed E-state index contributed by atoms with van der Waals surface area (Å²) in [7, 11) is 0. The van der Waals surface area contributed by atoms with Crippen LogP contribution in [0, 0.1) is 11.3 Å². The minimum Gasteiger partial charge on any atom is -0.348 e. The Morgan fingerprint density at radius 2 is 2.41 bits per heavy atom. The lowest BCUT2D eigenvalue weighted by Crippen LogP contribution is -2.32. The molecule has 4 heteroatoms. The Kier molecular flexibility index (Phi) is 3.35. The number of hydrogen-bond donors (Lipinski definition) is 1. The molecule has 0 aliphatic heterocycles. The summed E-state index contributed by atoms with van der Waals surface area (Å²) < 4.78 is 0. The number of benzene rings is 1. The maximum Gasteiger partial charge on any atom is 0.238 e. The molecule has 17 heavy (non-hydrogen) atoms. The van der Waals surface area contributed by atoms with E-state index in [9.17, 15) is 4.79 Å². The summed E-state index contributed by atoms with van der Waals surface area (Å²) in [5.41, 5.74) is 2.82. The first-order chi connectivity index (χ1) is 8.13. The van der Waals surface area contributed by atoms with Gasteiger partial charge in [-0.3, -0.25) is 4.79 Å². The van der Waals surface area contributed by atoms with E-state index >= 15 is 0 Å². The van der Waals surface area contributed by atoms with Crippen LogP contribution in [0.5, 0.6) is 0 Å². The molecule has 2 rings (SSSR count). The summed E-state index contributed by atoms with van der Waals surface area (Å²) in [4.78, 5) is 11.6. The van der Waals surface area contributed by atoms with E-state index in [4.69, 9.17) is 16.9 Å². The summed E-state index contributed by atoms with van der Waals surface area (Å²) in [6.07, 6.45) is 1.67. The van der Waals surface area contributed by atoms with E-state index in [0.717, 1.165) is 24.0 Å². The van der Waals surface area contributed by atoms with Crippen molar-refractivity contribution in [1.29, 1.82) is 5.26 Å². The smallest absolute Gasteiger partial charge is 0.238 e. The number of alkyl halides is 1. The van der Waals surface area contributed by atoms with Gasteiger partial charge in [0, 0.05) is 0 Å². The fourth-order valence-electron chi connectivity index (χ4n) is 2.20. The zero-order chi connectivity index (χ0) is 12.4. The number of amides is 1. The molecule has 0 saturated heterocycles. The second-order valence-corrected chi connectivity index (χ2v) is 4.86. The van der Waals surface area contributed by atoms with Gasteiger partial charge in [0.15, 0.2) is 0 Å². The predicted octanol–water partition coefficient (Wildman–Crippen LogP) is 2.29. The minimum absolute atomic E-state index is 0.00741. The zero-order valence-electron chi connectivity index (χ0n) is 9.53. The number of fused-ring (bicyclic) bond motifs is 1. The van der Waals surface area contributed by atoms with Gasteiger partial charge >= 0.3 is 0 Å². The van der Waals surface area contributed by atoms with Crippen molar-refractivity contribution < 1.29 is 4.79 Å². The number of carbonyl (C=O) groups excluding carboxylic acids is 1. The van der Waals surface area contributed by atoms with Gasteiger partial charge in [0.2, 0.25) is 5.91 Å². The zero-order valence-corrected chi connectivity index (χ0v) is 10.3. The minimum atomic E-state index is -0.529. The lowest BCUT2D eigenvalue weighted by molar-refractivity contribution is -0.121. The van der Waals surface area contributed by atoms with E-state index < -0.39 is 5.38 Å². The second-order valence-electron chi connectivity index (χ2n) is 4.20. The van der Waals surface area contributed by atoms with Crippen molar-refractivity contribution in [2.45, 2.75) is 31.2 Å². The van der Waals surface area contributed by atoms with E-state index in [1.165, 1.54) is 0 Å². The molecular weight excluding hydrogens is 236 g/mol. The van der Waals surface area contributed by atoms with Crippen molar-refractivity contribution in [3.8, 4) is 6.07 Å². The van der Waals surface area contributed by atoms with Crippen LogP contribution in [0.15, 0.2) is 18.2 Å². The standard InChI is InChI=1S/C13H13ClN2O/c1-8(14)13(17)16-12-6-5-10-9(7-15)3-2-4-11(10)12/h2-4,8,12H,5-6H2,1H3,(H,16,17)/t8?,12-/m1/s1. The van der Waals surface area contributed by atoms with E-state index in [2.05, 4.69) is 11.4 Å². The molecule has 1 unspecified atom stereocenters. The molecule has 1 aliphatic carbocycles. The van der Waals surface area contributed by atoms with Crippen LogP contribution in [0.1, 0.15) is 36.1 Å². The summed E-state index contributed by atoms with van der Waals surface area (Å²) in [5, 5.41) is 11.4. The first-order valence-corrected chi connectivity index (χ1v) is 6.03. The van der Waals surface area contributed by atoms with Crippen molar-refractivity contribution in [2.24, 2.45) is 0 Å². The maximum atomic E-state index is 11.6. The molecule has 0 aromatic heterocycles. The molecular formula is C13H13ClN2O. The van der Waals surface area contributed by atoms with Crippen LogP contribution < -0.4 is 5.32 Å². The third-order valence-corrected chi connectivity index (χ3v) is 3.27. The highest BCUT2D eigenvalue weighted by atomic mass is 35.5. The Bertz CT molecular complexity index is 491. The average molecular weight is 249 g/mol. The van der Waals surface area contributed by atoms with Crippen LogP contribution in [0.2, 0.25) is 0 Å². The summed E-state index contributed by atoms with van der Waals surface area (Å²) in [6.45, 7) is 1.65. The molecule has 2 atom stereocenters. The third-order valence-electron chi connectivity index (χ3n) is 3.07. The fraction of sp³-hybridized carbons (Fsp3) is 0.385. The Balaban J connectivity index is 2.24. The summed E-state index contributed by atoms with van der Waals surface area (Å²) in [6, 6.07) is 7.81. The van der Waals surface area contributed by atoms with Crippen molar-refractivity contribution in [1.82, 2.24) is 5.32 Å². The Morgan fingerprint density at radius 3 is 3.06 bits per heavy atom. The monoisotopic (exact) mass is 248 g/mol. The number of nitrogens with zero attached hydrogens (tertiary/aromatic N) is 1. The number of halogens is 1. The molecule has 0 heterocycles. The maximum absolute atomic E-state index is 11.6. The van der Waals surface area contributed by atoms with Crippen LogP contribution in [-0.2, 0) is 11.2 Å². The molecule has 0 spiro atoms. The first-order valence-electron chi connectivity index (χ1n) is 5.60. The quantitative estimate of drug-likeness (QED) is 0.817. The fourth-order valence-corrected chi connectivity index (χ4v) is 2.26. The molecule has 0 radical (unpaired) electrons. The third kappa shape index (κ3) is 2.27. The Morgan fingerprint density at radius 1 is 1.65 bits per heavy atom. The van der Waals surface area contributed by atoms with Crippen LogP contribution in [0.4, 0.5) is 0 Å². The number of hydrogen-bond acceptors (Lipinski definition) is 2. The molecule has 0 fully saturated rings. The van der Waals surface area contributed by atoms with Crippen molar-refractivity contribution in [2.75, 3.05) is 0 Å². The highest BCUT2D eigenvalue weighted by molar-refractivity contribution is 6.30. The van der Waals surface area contributed by atoms with Crippen LogP contribution >= 0.6 is 11.6 Å².